The summed E-state index contributed by atoms with van der Waals surface area (Å²) in [5.41, 5.74) is 4.09. The Labute approximate surface area is 171 Å². The van der Waals surface area contributed by atoms with Crippen molar-refractivity contribution in [2.24, 2.45) is 0 Å². The number of nitrogens with zero attached hydrogens (tertiary/aromatic N) is 3. The van der Waals surface area contributed by atoms with Crippen LogP contribution in [0.4, 0.5) is 5.69 Å². The lowest BCUT2D eigenvalue weighted by Crippen LogP contribution is -2.46. The molecule has 0 aliphatic carbocycles. The number of pyridine rings is 1. The van der Waals surface area contributed by atoms with Gasteiger partial charge in [0.2, 0.25) is 0 Å². The lowest BCUT2D eigenvalue weighted by atomic mass is 10.00. The van der Waals surface area contributed by atoms with E-state index in [0.29, 0.717) is 0 Å². The van der Waals surface area contributed by atoms with Gasteiger partial charge in [-0.05, 0) is 29.8 Å². The molecular formula is C23H24ClN3O. The molecule has 28 heavy (non-hydrogen) atoms. The molecule has 0 spiro atoms. The van der Waals surface area contributed by atoms with Gasteiger partial charge in [-0.3, -0.25) is 9.88 Å². The normalized spacial score (nSPS) is 16.1. The summed E-state index contributed by atoms with van der Waals surface area (Å²) in [6, 6.07) is 20.0. The maximum absolute atomic E-state index is 10.9. The van der Waals surface area contributed by atoms with Crippen molar-refractivity contribution in [1.82, 2.24) is 9.88 Å². The van der Waals surface area contributed by atoms with Crippen LogP contribution in [-0.2, 0) is 6.54 Å². The van der Waals surface area contributed by atoms with Crippen molar-refractivity contribution in [3.63, 3.8) is 0 Å². The van der Waals surface area contributed by atoms with Crippen molar-refractivity contribution in [2.75, 3.05) is 31.1 Å². The first-order valence-electron chi connectivity index (χ1n) is 9.59. The Bertz CT molecular complexity index is 910. The third-order valence-corrected chi connectivity index (χ3v) is 5.47. The molecule has 0 saturated carbocycles. The number of benzene rings is 2. The number of rotatable bonds is 5. The molecule has 4 nitrogen and oxygen atoms in total. The van der Waals surface area contributed by atoms with E-state index in [4.69, 9.17) is 11.6 Å². The summed E-state index contributed by atoms with van der Waals surface area (Å²) in [5, 5.41) is 11.7. The van der Waals surface area contributed by atoms with Gasteiger partial charge in [-0.1, -0.05) is 48.0 Å². The number of hydrogen-bond acceptors (Lipinski definition) is 4. The number of piperazine rings is 1. The monoisotopic (exact) mass is 393 g/mol. The fourth-order valence-corrected chi connectivity index (χ4v) is 3.98. The fraction of sp³-hybridized carbons (Fsp3) is 0.261. The Balaban J connectivity index is 1.45. The van der Waals surface area contributed by atoms with E-state index in [9.17, 15) is 5.11 Å². The van der Waals surface area contributed by atoms with E-state index in [0.717, 1.165) is 54.6 Å². The maximum Gasteiger partial charge on any atom is 0.108 e. The molecule has 5 heteroatoms. The fourth-order valence-electron chi connectivity index (χ4n) is 3.76. The van der Waals surface area contributed by atoms with Crippen LogP contribution in [0.3, 0.4) is 0 Å². The van der Waals surface area contributed by atoms with Crippen LogP contribution in [-0.4, -0.2) is 41.2 Å². The number of para-hydroxylation sites is 1. The van der Waals surface area contributed by atoms with Crippen molar-refractivity contribution in [3.8, 4) is 0 Å². The highest BCUT2D eigenvalue weighted by Gasteiger charge is 2.22. The lowest BCUT2D eigenvalue weighted by Gasteiger charge is -2.37. The molecule has 144 valence electrons. The second kappa shape index (κ2) is 8.74. The Kier molecular flexibility index (Phi) is 5.91. The highest BCUT2D eigenvalue weighted by molar-refractivity contribution is 6.30. The van der Waals surface area contributed by atoms with Crippen LogP contribution in [0.15, 0.2) is 73.1 Å². The third kappa shape index (κ3) is 4.36. The van der Waals surface area contributed by atoms with Crippen LogP contribution in [0.25, 0.3) is 0 Å². The standard InChI is InChI=1S/C23H24ClN3O/c24-20-7-3-5-18(15-20)17-26-11-13-27(14-12-26)22-9-2-1-8-21(22)23(28)19-6-4-10-25-16-19/h1-10,15-16,23,28H,11-14,17H2/t23-/m1/s1. The maximum atomic E-state index is 10.9. The first-order chi connectivity index (χ1) is 13.7. The second-order valence-electron chi connectivity index (χ2n) is 7.14. The van der Waals surface area contributed by atoms with Crippen molar-refractivity contribution < 1.29 is 5.11 Å². The van der Waals surface area contributed by atoms with Gasteiger partial charge < -0.3 is 10.0 Å². The predicted molar refractivity (Wildman–Crippen MR) is 114 cm³/mol. The predicted octanol–water partition coefficient (Wildman–Crippen LogP) is 4.14. The molecule has 1 fully saturated rings. The summed E-state index contributed by atoms with van der Waals surface area (Å²) in [7, 11) is 0. The van der Waals surface area contributed by atoms with E-state index in [1.54, 1.807) is 12.4 Å². The van der Waals surface area contributed by atoms with E-state index in [2.05, 4.69) is 26.9 Å². The first kappa shape index (κ1) is 18.9. The van der Waals surface area contributed by atoms with E-state index < -0.39 is 6.10 Å². The van der Waals surface area contributed by atoms with Crippen LogP contribution in [0, 0.1) is 0 Å². The number of anilines is 1. The molecular weight excluding hydrogens is 370 g/mol. The van der Waals surface area contributed by atoms with Crippen LogP contribution in [0.5, 0.6) is 0 Å². The average molecular weight is 394 g/mol. The summed E-state index contributed by atoms with van der Waals surface area (Å²) >= 11 is 6.11. The topological polar surface area (TPSA) is 39.6 Å². The Morgan fingerprint density at radius 3 is 2.54 bits per heavy atom. The molecule has 1 aliphatic rings. The molecule has 2 heterocycles. The first-order valence-corrected chi connectivity index (χ1v) is 9.97. The smallest absolute Gasteiger partial charge is 0.108 e. The molecule has 1 aliphatic heterocycles. The van der Waals surface area contributed by atoms with E-state index in [1.807, 2.05) is 48.5 Å². The van der Waals surface area contributed by atoms with Gasteiger partial charge in [0.25, 0.3) is 0 Å². The molecule has 0 amide bonds. The van der Waals surface area contributed by atoms with Gasteiger partial charge in [0, 0.05) is 67.0 Å². The zero-order valence-electron chi connectivity index (χ0n) is 15.7. The molecule has 1 saturated heterocycles. The van der Waals surface area contributed by atoms with E-state index in [1.165, 1.54) is 5.56 Å². The molecule has 0 unspecified atom stereocenters. The van der Waals surface area contributed by atoms with E-state index in [-0.39, 0.29) is 0 Å². The van der Waals surface area contributed by atoms with Gasteiger partial charge in [-0.2, -0.15) is 0 Å². The summed E-state index contributed by atoms with van der Waals surface area (Å²) in [6.45, 7) is 4.72. The van der Waals surface area contributed by atoms with Gasteiger partial charge in [0.05, 0.1) is 0 Å². The molecule has 0 bridgehead atoms. The number of aliphatic hydroxyl groups is 1. The summed E-state index contributed by atoms with van der Waals surface area (Å²) < 4.78 is 0. The van der Waals surface area contributed by atoms with Crippen LogP contribution >= 0.6 is 11.6 Å². The molecule has 3 aromatic rings. The number of halogens is 1. The molecule has 1 atom stereocenters. The Hall–Kier alpha value is -2.40. The van der Waals surface area contributed by atoms with Crippen LogP contribution < -0.4 is 4.90 Å². The average Bonchev–Trinajstić information content (AvgIpc) is 2.74. The van der Waals surface area contributed by atoms with Crippen molar-refractivity contribution >= 4 is 17.3 Å². The van der Waals surface area contributed by atoms with Gasteiger partial charge >= 0.3 is 0 Å². The minimum Gasteiger partial charge on any atom is -0.384 e. The largest absolute Gasteiger partial charge is 0.384 e. The second-order valence-corrected chi connectivity index (χ2v) is 7.58. The number of aliphatic hydroxyl groups excluding tert-OH is 1. The zero-order chi connectivity index (χ0) is 19.3. The van der Waals surface area contributed by atoms with Gasteiger partial charge in [0.1, 0.15) is 6.10 Å². The Morgan fingerprint density at radius 1 is 0.964 bits per heavy atom. The van der Waals surface area contributed by atoms with Crippen LogP contribution in [0.1, 0.15) is 22.8 Å². The van der Waals surface area contributed by atoms with E-state index >= 15 is 0 Å². The highest BCUT2D eigenvalue weighted by atomic mass is 35.5. The molecule has 4 rings (SSSR count). The molecule has 1 N–H and O–H groups in total. The summed E-state index contributed by atoms with van der Waals surface area (Å²) in [5.74, 6) is 0. The van der Waals surface area contributed by atoms with Crippen LogP contribution in [0.2, 0.25) is 5.02 Å². The minimum atomic E-state index is -0.672. The molecule has 1 aromatic heterocycles. The zero-order valence-corrected chi connectivity index (χ0v) is 16.5. The van der Waals surface area contributed by atoms with Gasteiger partial charge in [-0.25, -0.2) is 0 Å². The van der Waals surface area contributed by atoms with Gasteiger partial charge in [-0.15, -0.1) is 0 Å². The quantitative estimate of drug-likeness (QED) is 0.707. The van der Waals surface area contributed by atoms with Gasteiger partial charge in [0.15, 0.2) is 0 Å². The molecule has 2 aromatic carbocycles. The number of hydrogen-bond donors (Lipinski definition) is 1. The Morgan fingerprint density at radius 2 is 1.79 bits per heavy atom. The van der Waals surface area contributed by atoms with Crippen molar-refractivity contribution in [1.29, 1.82) is 0 Å². The summed E-state index contributed by atoms with van der Waals surface area (Å²) in [6.07, 6.45) is 2.78. The highest BCUT2D eigenvalue weighted by Crippen LogP contribution is 2.31. The SMILES string of the molecule is O[C@H](c1cccnc1)c1ccccc1N1CCN(Cc2cccc(Cl)c2)CC1. The third-order valence-electron chi connectivity index (χ3n) is 5.24. The van der Waals surface area contributed by atoms with Crippen molar-refractivity contribution in [2.45, 2.75) is 12.6 Å². The minimum absolute atomic E-state index is 0.672. The molecule has 0 radical (unpaired) electrons. The van der Waals surface area contributed by atoms with Crippen molar-refractivity contribution in [3.05, 3.63) is 94.8 Å². The number of aromatic nitrogens is 1. The lowest BCUT2D eigenvalue weighted by molar-refractivity contribution is 0.218. The summed E-state index contributed by atoms with van der Waals surface area (Å²) in [4.78, 5) is 8.95.